The van der Waals surface area contributed by atoms with Crippen molar-refractivity contribution >= 4 is 11.9 Å². The monoisotopic (exact) mass is 289 g/mol. The first-order chi connectivity index (χ1) is 10.2. The summed E-state index contributed by atoms with van der Waals surface area (Å²) in [6, 6.07) is 6.96. The lowest BCUT2D eigenvalue weighted by Crippen LogP contribution is -2.32. The van der Waals surface area contributed by atoms with Crippen LogP contribution in [-0.2, 0) is 11.2 Å². The van der Waals surface area contributed by atoms with Gasteiger partial charge in [-0.2, -0.15) is 0 Å². The fourth-order valence-corrected chi connectivity index (χ4v) is 2.95. The molecule has 0 atom stereocenters. The Labute approximate surface area is 125 Å². The van der Waals surface area contributed by atoms with Crippen LogP contribution < -0.4 is 5.32 Å². The number of nitrogens with one attached hydrogen (secondary N) is 1. The van der Waals surface area contributed by atoms with Crippen LogP contribution >= 0.6 is 0 Å². The van der Waals surface area contributed by atoms with E-state index < -0.39 is 5.97 Å². The number of hydrogen-bond donors (Lipinski definition) is 2. The Hall–Kier alpha value is -1.84. The van der Waals surface area contributed by atoms with Gasteiger partial charge in [-0.25, -0.2) is 4.79 Å². The topological polar surface area (TPSA) is 66.4 Å². The van der Waals surface area contributed by atoms with Gasteiger partial charge in [-0.1, -0.05) is 43.9 Å². The minimum Gasteiger partial charge on any atom is -0.478 e. The van der Waals surface area contributed by atoms with Crippen LogP contribution in [0.2, 0.25) is 0 Å². The Morgan fingerprint density at radius 3 is 2.43 bits per heavy atom. The van der Waals surface area contributed by atoms with Crippen LogP contribution in [-0.4, -0.2) is 23.5 Å². The minimum absolute atomic E-state index is 0.129. The molecule has 1 aliphatic rings. The zero-order valence-electron chi connectivity index (χ0n) is 12.3. The first-order valence-electron chi connectivity index (χ1n) is 7.77. The van der Waals surface area contributed by atoms with Crippen LogP contribution in [0, 0.1) is 5.92 Å². The number of carbonyl (C=O) groups is 2. The molecule has 21 heavy (non-hydrogen) atoms. The summed E-state index contributed by atoms with van der Waals surface area (Å²) in [7, 11) is 0. The van der Waals surface area contributed by atoms with Gasteiger partial charge in [-0.05, 0) is 30.9 Å². The van der Waals surface area contributed by atoms with Crippen LogP contribution in [0.25, 0.3) is 0 Å². The molecular weight excluding hydrogens is 266 g/mol. The second-order valence-corrected chi connectivity index (χ2v) is 5.69. The quantitative estimate of drug-likeness (QED) is 0.819. The number of carboxylic acid groups (broad SMARTS) is 1. The molecule has 0 aromatic heterocycles. The van der Waals surface area contributed by atoms with Crippen molar-refractivity contribution < 1.29 is 14.7 Å². The van der Waals surface area contributed by atoms with Crippen molar-refractivity contribution in [3.05, 3.63) is 35.4 Å². The van der Waals surface area contributed by atoms with E-state index in [1.54, 1.807) is 18.2 Å². The SMILES string of the molecule is O=C(O)c1ccccc1CCNC(=O)C1CCCCCC1. The maximum atomic E-state index is 12.1. The summed E-state index contributed by atoms with van der Waals surface area (Å²) in [4.78, 5) is 23.2. The predicted molar refractivity (Wildman–Crippen MR) is 81.3 cm³/mol. The van der Waals surface area contributed by atoms with Gasteiger partial charge in [0, 0.05) is 12.5 Å². The van der Waals surface area contributed by atoms with Gasteiger partial charge < -0.3 is 10.4 Å². The molecule has 0 heterocycles. The van der Waals surface area contributed by atoms with Gasteiger partial charge in [0.15, 0.2) is 0 Å². The number of benzene rings is 1. The van der Waals surface area contributed by atoms with Gasteiger partial charge in [0.1, 0.15) is 0 Å². The first-order valence-corrected chi connectivity index (χ1v) is 7.77. The minimum atomic E-state index is -0.916. The molecule has 1 aromatic carbocycles. The van der Waals surface area contributed by atoms with E-state index in [1.165, 1.54) is 12.8 Å². The van der Waals surface area contributed by atoms with E-state index in [0.717, 1.165) is 31.2 Å². The molecule has 1 fully saturated rings. The van der Waals surface area contributed by atoms with Gasteiger partial charge in [0.25, 0.3) is 0 Å². The Kier molecular flexibility index (Phi) is 5.78. The molecule has 4 heteroatoms. The first kappa shape index (κ1) is 15.5. The second kappa shape index (κ2) is 7.81. The van der Waals surface area contributed by atoms with Gasteiger partial charge >= 0.3 is 5.97 Å². The van der Waals surface area contributed by atoms with E-state index in [4.69, 9.17) is 5.11 Å². The molecule has 1 aliphatic carbocycles. The van der Waals surface area contributed by atoms with Gasteiger partial charge in [-0.3, -0.25) is 4.79 Å². The van der Waals surface area contributed by atoms with Crippen molar-refractivity contribution in [1.29, 1.82) is 0 Å². The molecule has 0 bridgehead atoms. The molecule has 0 spiro atoms. The molecule has 0 radical (unpaired) electrons. The normalized spacial score (nSPS) is 16.2. The smallest absolute Gasteiger partial charge is 0.335 e. The summed E-state index contributed by atoms with van der Waals surface area (Å²) in [6.07, 6.45) is 7.27. The summed E-state index contributed by atoms with van der Waals surface area (Å²) in [5.74, 6) is -0.646. The number of hydrogen-bond acceptors (Lipinski definition) is 2. The Morgan fingerprint density at radius 1 is 1.10 bits per heavy atom. The second-order valence-electron chi connectivity index (χ2n) is 5.69. The van der Waals surface area contributed by atoms with Crippen molar-refractivity contribution in [2.24, 2.45) is 5.92 Å². The average molecular weight is 289 g/mol. The van der Waals surface area contributed by atoms with Crippen molar-refractivity contribution in [3.63, 3.8) is 0 Å². The Morgan fingerprint density at radius 2 is 1.76 bits per heavy atom. The Balaban J connectivity index is 1.83. The molecule has 1 aromatic rings. The summed E-state index contributed by atoms with van der Waals surface area (Å²) < 4.78 is 0. The number of carboxylic acids is 1. The standard InChI is InChI=1S/C17H23NO3/c19-16(14-8-3-1-2-4-9-14)18-12-11-13-7-5-6-10-15(13)17(20)21/h5-7,10,14H,1-4,8-9,11-12H2,(H,18,19)(H,20,21). The number of aromatic carboxylic acids is 1. The highest BCUT2D eigenvalue weighted by Crippen LogP contribution is 2.22. The average Bonchev–Trinajstić information content (AvgIpc) is 2.76. The summed E-state index contributed by atoms with van der Waals surface area (Å²) in [6.45, 7) is 0.500. The van der Waals surface area contributed by atoms with Crippen LogP contribution in [0.15, 0.2) is 24.3 Å². The molecule has 2 rings (SSSR count). The van der Waals surface area contributed by atoms with Gasteiger partial charge in [0.05, 0.1) is 5.56 Å². The number of rotatable bonds is 5. The lowest BCUT2D eigenvalue weighted by atomic mass is 9.99. The maximum absolute atomic E-state index is 12.1. The largest absolute Gasteiger partial charge is 0.478 e. The van der Waals surface area contributed by atoms with E-state index in [1.807, 2.05) is 6.07 Å². The lowest BCUT2D eigenvalue weighted by molar-refractivity contribution is -0.125. The molecule has 0 unspecified atom stereocenters. The third kappa shape index (κ3) is 4.59. The molecule has 1 saturated carbocycles. The molecule has 1 amide bonds. The van der Waals surface area contributed by atoms with Crippen LogP contribution in [0.4, 0.5) is 0 Å². The maximum Gasteiger partial charge on any atom is 0.335 e. The highest BCUT2D eigenvalue weighted by Gasteiger charge is 2.19. The van der Waals surface area contributed by atoms with Crippen molar-refractivity contribution in [3.8, 4) is 0 Å². The van der Waals surface area contributed by atoms with Crippen molar-refractivity contribution in [2.45, 2.75) is 44.9 Å². The fourth-order valence-electron chi connectivity index (χ4n) is 2.95. The Bertz CT molecular complexity index is 491. The predicted octanol–water partition coefficient (Wildman–Crippen LogP) is 3.01. The molecular formula is C17H23NO3. The summed E-state index contributed by atoms with van der Waals surface area (Å²) in [5.41, 5.74) is 1.09. The van der Waals surface area contributed by atoms with Crippen molar-refractivity contribution in [1.82, 2.24) is 5.32 Å². The van der Waals surface area contributed by atoms with Crippen LogP contribution in [0.3, 0.4) is 0 Å². The number of amides is 1. The molecule has 4 nitrogen and oxygen atoms in total. The summed E-state index contributed by atoms with van der Waals surface area (Å²) in [5, 5.41) is 12.1. The third-order valence-corrected chi connectivity index (χ3v) is 4.17. The van der Waals surface area contributed by atoms with E-state index in [-0.39, 0.29) is 11.8 Å². The highest BCUT2D eigenvalue weighted by molar-refractivity contribution is 5.89. The van der Waals surface area contributed by atoms with E-state index >= 15 is 0 Å². The molecule has 0 aliphatic heterocycles. The summed E-state index contributed by atoms with van der Waals surface area (Å²) >= 11 is 0. The molecule has 114 valence electrons. The van der Waals surface area contributed by atoms with E-state index in [2.05, 4.69) is 5.32 Å². The molecule has 0 saturated heterocycles. The number of carbonyl (C=O) groups excluding carboxylic acids is 1. The zero-order chi connectivity index (χ0) is 15.1. The van der Waals surface area contributed by atoms with Crippen LogP contribution in [0.1, 0.15) is 54.4 Å². The van der Waals surface area contributed by atoms with E-state index in [0.29, 0.717) is 18.5 Å². The molecule has 2 N–H and O–H groups in total. The van der Waals surface area contributed by atoms with Gasteiger partial charge in [-0.15, -0.1) is 0 Å². The van der Waals surface area contributed by atoms with E-state index in [9.17, 15) is 9.59 Å². The van der Waals surface area contributed by atoms with Gasteiger partial charge in [0.2, 0.25) is 5.91 Å². The zero-order valence-corrected chi connectivity index (χ0v) is 12.3. The third-order valence-electron chi connectivity index (χ3n) is 4.17. The lowest BCUT2D eigenvalue weighted by Gasteiger charge is -2.14. The highest BCUT2D eigenvalue weighted by atomic mass is 16.4. The van der Waals surface area contributed by atoms with Crippen LogP contribution in [0.5, 0.6) is 0 Å². The fraction of sp³-hybridized carbons (Fsp3) is 0.529. The van der Waals surface area contributed by atoms with Crippen molar-refractivity contribution in [2.75, 3.05) is 6.54 Å².